The number of aromatic nitrogens is 2. The highest BCUT2D eigenvalue weighted by molar-refractivity contribution is 5.94. The van der Waals surface area contributed by atoms with E-state index in [1.54, 1.807) is 39.3 Å². The molecular formula is C16H20N4O4. The molecule has 24 heavy (non-hydrogen) atoms. The van der Waals surface area contributed by atoms with Crippen LogP contribution in [0, 0.1) is 6.92 Å². The van der Waals surface area contributed by atoms with Crippen LogP contribution in [0.3, 0.4) is 0 Å². The molecule has 0 aliphatic carbocycles. The Morgan fingerprint density at radius 2 is 2.17 bits per heavy atom. The second kappa shape index (κ2) is 6.88. The Hall–Kier alpha value is -2.61. The fourth-order valence-electron chi connectivity index (χ4n) is 2.64. The summed E-state index contributed by atoms with van der Waals surface area (Å²) in [5.41, 5.74) is 0.589. The predicted molar refractivity (Wildman–Crippen MR) is 86.4 cm³/mol. The van der Waals surface area contributed by atoms with E-state index in [2.05, 4.69) is 15.5 Å². The maximum atomic E-state index is 12.2. The van der Waals surface area contributed by atoms with Crippen molar-refractivity contribution in [3.05, 3.63) is 29.9 Å². The van der Waals surface area contributed by atoms with Gasteiger partial charge in [-0.25, -0.2) is 0 Å². The fourth-order valence-corrected chi connectivity index (χ4v) is 2.64. The second-order valence-electron chi connectivity index (χ2n) is 5.69. The minimum absolute atomic E-state index is 0.110. The van der Waals surface area contributed by atoms with Gasteiger partial charge in [-0.3, -0.25) is 9.69 Å². The van der Waals surface area contributed by atoms with Gasteiger partial charge in [0.15, 0.2) is 5.82 Å². The SMILES string of the molecule is COc1ccc(OC)c(NC(=O)CN2CC(c3nc(C)no3)C2)c1. The van der Waals surface area contributed by atoms with Crippen LogP contribution in [0.15, 0.2) is 22.7 Å². The zero-order chi connectivity index (χ0) is 17.1. The minimum Gasteiger partial charge on any atom is -0.497 e. The van der Waals surface area contributed by atoms with Gasteiger partial charge >= 0.3 is 0 Å². The van der Waals surface area contributed by atoms with E-state index in [-0.39, 0.29) is 11.8 Å². The summed E-state index contributed by atoms with van der Waals surface area (Å²) in [4.78, 5) is 18.5. The molecular weight excluding hydrogens is 312 g/mol. The van der Waals surface area contributed by atoms with Gasteiger partial charge in [-0.05, 0) is 19.1 Å². The average molecular weight is 332 g/mol. The number of aryl methyl sites for hydroxylation is 1. The molecule has 1 amide bonds. The molecule has 1 aromatic carbocycles. The van der Waals surface area contributed by atoms with Gasteiger partial charge < -0.3 is 19.3 Å². The van der Waals surface area contributed by atoms with Crippen LogP contribution in [0.5, 0.6) is 11.5 Å². The third kappa shape index (κ3) is 3.48. The molecule has 0 bridgehead atoms. The summed E-state index contributed by atoms with van der Waals surface area (Å²) in [6, 6.07) is 5.27. The van der Waals surface area contributed by atoms with Crippen molar-refractivity contribution in [3.63, 3.8) is 0 Å². The van der Waals surface area contributed by atoms with Gasteiger partial charge in [-0.2, -0.15) is 4.98 Å². The van der Waals surface area contributed by atoms with E-state index >= 15 is 0 Å². The molecule has 1 fully saturated rings. The fraction of sp³-hybridized carbons (Fsp3) is 0.438. The van der Waals surface area contributed by atoms with E-state index in [1.165, 1.54) is 0 Å². The van der Waals surface area contributed by atoms with Crippen molar-refractivity contribution in [2.24, 2.45) is 0 Å². The standard InChI is InChI=1S/C16H20N4O4/c1-10-17-16(24-19-10)11-7-20(8-11)9-15(21)18-13-6-12(22-2)4-5-14(13)23-3/h4-6,11H,7-9H2,1-3H3,(H,18,21). The molecule has 1 saturated heterocycles. The summed E-state index contributed by atoms with van der Waals surface area (Å²) in [7, 11) is 3.14. The first-order valence-electron chi connectivity index (χ1n) is 7.63. The van der Waals surface area contributed by atoms with Crippen molar-refractivity contribution in [1.82, 2.24) is 15.0 Å². The number of methoxy groups -OCH3 is 2. The molecule has 0 radical (unpaired) electrons. The summed E-state index contributed by atoms with van der Waals surface area (Å²) in [6.07, 6.45) is 0. The Labute approximate surface area is 139 Å². The molecule has 2 heterocycles. The van der Waals surface area contributed by atoms with Crippen LogP contribution in [-0.2, 0) is 4.79 Å². The number of carbonyl (C=O) groups is 1. The van der Waals surface area contributed by atoms with Crippen molar-refractivity contribution < 1.29 is 18.8 Å². The molecule has 1 aliphatic heterocycles. The number of hydrogen-bond acceptors (Lipinski definition) is 7. The summed E-state index contributed by atoms with van der Waals surface area (Å²) >= 11 is 0. The lowest BCUT2D eigenvalue weighted by Crippen LogP contribution is -2.48. The van der Waals surface area contributed by atoms with E-state index in [0.29, 0.717) is 35.4 Å². The minimum atomic E-state index is -0.110. The second-order valence-corrected chi connectivity index (χ2v) is 5.69. The molecule has 1 N–H and O–H groups in total. The molecule has 0 unspecified atom stereocenters. The number of anilines is 1. The number of likely N-dealkylation sites (tertiary alicyclic amines) is 1. The molecule has 0 atom stereocenters. The van der Waals surface area contributed by atoms with E-state index in [1.807, 2.05) is 4.90 Å². The van der Waals surface area contributed by atoms with E-state index in [9.17, 15) is 4.79 Å². The number of nitrogens with zero attached hydrogens (tertiary/aromatic N) is 3. The molecule has 8 heteroatoms. The Balaban J connectivity index is 1.53. The maximum absolute atomic E-state index is 12.2. The molecule has 2 aromatic rings. The number of amides is 1. The number of benzene rings is 1. The highest BCUT2D eigenvalue weighted by atomic mass is 16.5. The summed E-state index contributed by atoms with van der Waals surface area (Å²) in [5, 5.41) is 6.64. The normalized spacial score (nSPS) is 15.0. The van der Waals surface area contributed by atoms with Gasteiger partial charge in [-0.1, -0.05) is 5.16 Å². The van der Waals surface area contributed by atoms with E-state index < -0.39 is 0 Å². The van der Waals surface area contributed by atoms with E-state index in [0.717, 1.165) is 13.1 Å². The maximum Gasteiger partial charge on any atom is 0.238 e. The number of carbonyl (C=O) groups excluding carboxylic acids is 1. The van der Waals surface area contributed by atoms with Crippen LogP contribution >= 0.6 is 0 Å². The average Bonchev–Trinajstić information content (AvgIpc) is 2.96. The van der Waals surface area contributed by atoms with Crippen molar-refractivity contribution in [2.45, 2.75) is 12.8 Å². The van der Waals surface area contributed by atoms with Gasteiger partial charge in [0.2, 0.25) is 11.8 Å². The van der Waals surface area contributed by atoms with E-state index in [4.69, 9.17) is 14.0 Å². The Bertz CT molecular complexity index is 725. The smallest absolute Gasteiger partial charge is 0.238 e. The number of rotatable bonds is 6. The highest BCUT2D eigenvalue weighted by Crippen LogP contribution is 2.29. The summed E-state index contributed by atoms with van der Waals surface area (Å²) in [6.45, 7) is 3.54. The number of ether oxygens (including phenoxy) is 2. The molecule has 0 saturated carbocycles. The summed E-state index contributed by atoms with van der Waals surface area (Å²) < 4.78 is 15.6. The van der Waals surface area contributed by atoms with Crippen LogP contribution < -0.4 is 14.8 Å². The monoisotopic (exact) mass is 332 g/mol. The quantitative estimate of drug-likeness (QED) is 0.856. The van der Waals surface area contributed by atoms with Crippen molar-refractivity contribution in [2.75, 3.05) is 39.2 Å². The first kappa shape index (κ1) is 16.3. The van der Waals surface area contributed by atoms with Crippen molar-refractivity contribution in [1.29, 1.82) is 0 Å². The highest BCUT2D eigenvalue weighted by Gasteiger charge is 2.33. The van der Waals surface area contributed by atoms with Gasteiger partial charge in [0, 0.05) is 19.2 Å². The third-order valence-corrected chi connectivity index (χ3v) is 3.90. The largest absolute Gasteiger partial charge is 0.497 e. The Morgan fingerprint density at radius 3 is 2.79 bits per heavy atom. The molecule has 128 valence electrons. The lowest BCUT2D eigenvalue weighted by atomic mass is 10.0. The van der Waals surface area contributed by atoms with Gasteiger partial charge in [0.25, 0.3) is 0 Å². The first-order chi connectivity index (χ1) is 11.6. The van der Waals surface area contributed by atoms with Crippen molar-refractivity contribution >= 4 is 11.6 Å². The van der Waals surface area contributed by atoms with Crippen LogP contribution in [-0.4, -0.2) is 54.8 Å². The predicted octanol–water partition coefficient (Wildman–Crippen LogP) is 1.43. The van der Waals surface area contributed by atoms with Crippen LogP contribution in [0.4, 0.5) is 5.69 Å². The zero-order valence-electron chi connectivity index (χ0n) is 13.9. The third-order valence-electron chi connectivity index (χ3n) is 3.90. The molecule has 3 rings (SSSR count). The van der Waals surface area contributed by atoms with Crippen molar-refractivity contribution in [3.8, 4) is 11.5 Å². The van der Waals surface area contributed by atoms with Gasteiger partial charge in [0.05, 0.1) is 32.4 Å². The van der Waals surface area contributed by atoms with Crippen LogP contribution in [0.25, 0.3) is 0 Å². The van der Waals surface area contributed by atoms with Crippen LogP contribution in [0.2, 0.25) is 0 Å². The molecule has 0 spiro atoms. The topological polar surface area (TPSA) is 89.7 Å². The lowest BCUT2D eigenvalue weighted by Gasteiger charge is -2.36. The summed E-state index contributed by atoms with van der Waals surface area (Å²) in [5.74, 6) is 2.60. The lowest BCUT2D eigenvalue weighted by molar-refractivity contribution is -0.118. The Morgan fingerprint density at radius 1 is 1.38 bits per heavy atom. The number of nitrogens with one attached hydrogen (secondary N) is 1. The Kier molecular flexibility index (Phi) is 4.66. The van der Waals surface area contributed by atoms with Gasteiger partial charge in [-0.15, -0.1) is 0 Å². The van der Waals surface area contributed by atoms with Gasteiger partial charge in [0.1, 0.15) is 11.5 Å². The van der Waals surface area contributed by atoms with Crippen LogP contribution in [0.1, 0.15) is 17.6 Å². The molecule has 1 aromatic heterocycles. The first-order valence-corrected chi connectivity index (χ1v) is 7.63. The number of hydrogen-bond donors (Lipinski definition) is 1. The zero-order valence-corrected chi connectivity index (χ0v) is 13.9. The molecule has 8 nitrogen and oxygen atoms in total. The molecule has 1 aliphatic rings.